The van der Waals surface area contributed by atoms with Gasteiger partial charge < -0.3 is 15.5 Å². The van der Waals surface area contributed by atoms with E-state index in [0.29, 0.717) is 12.6 Å². The highest BCUT2D eigenvalue weighted by Gasteiger charge is 2.20. The molecular weight excluding hydrogens is 258 g/mol. The minimum atomic E-state index is 0.0963. The Hall–Kier alpha value is -1.52. The van der Waals surface area contributed by atoms with Crippen molar-refractivity contribution in [1.82, 2.24) is 5.32 Å². The third-order valence-electron chi connectivity index (χ3n) is 3.66. The summed E-state index contributed by atoms with van der Waals surface area (Å²) >= 11 is 1.83. The molecule has 1 aliphatic rings. The van der Waals surface area contributed by atoms with Crippen LogP contribution in [0, 0.1) is 0 Å². The lowest BCUT2D eigenvalue weighted by molar-refractivity contribution is 0.430. The van der Waals surface area contributed by atoms with Gasteiger partial charge >= 0.3 is 0 Å². The average molecular weight is 275 g/mol. The number of fused-ring (bicyclic) bond motifs is 1. The summed E-state index contributed by atoms with van der Waals surface area (Å²) in [6.07, 6.45) is 3.55. The molecule has 0 radical (unpaired) electrons. The van der Waals surface area contributed by atoms with Gasteiger partial charge in [-0.25, -0.2) is 0 Å². The fourth-order valence-corrected chi connectivity index (χ4v) is 3.62. The van der Waals surface area contributed by atoms with E-state index in [-0.39, 0.29) is 11.5 Å². The topological polar surface area (TPSA) is 52.5 Å². The van der Waals surface area contributed by atoms with Gasteiger partial charge in [-0.1, -0.05) is 6.07 Å². The third kappa shape index (κ3) is 2.60. The van der Waals surface area contributed by atoms with Gasteiger partial charge in [0, 0.05) is 29.1 Å². The number of hydrogen-bond donors (Lipinski definition) is 3. The molecule has 0 fully saturated rings. The number of rotatable bonds is 3. The second kappa shape index (κ2) is 5.23. The SMILES string of the molecule is Oc1ccc(CNC2CCCc3sccc32)c(O)c1. The van der Waals surface area contributed by atoms with Crippen LogP contribution in [0.15, 0.2) is 29.6 Å². The van der Waals surface area contributed by atoms with Gasteiger partial charge in [-0.2, -0.15) is 0 Å². The van der Waals surface area contributed by atoms with Crippen molar-refractivity contribution in [3.05, 3.63) is 45.6 Å². The highest BCUT2D eigenvalue weighted by atomic mass is 32.1. The molecule has 0 spiro atoms. The molecule has 3 rings (SSSR count). The van der Waals surface area contributed by atoms with Crippen LogP contribution in [0.1, 0.15) is 34.9 Å². The summed E-state index contributed by atoms with van der Waals surface area (Å²) in [5.41, 5.74) is 2.23. The van der Waals surface area contributed by atoms with Crippen LogP contribution in [0.4, 0.5) is 0 Å². The van der Waals surface area contributed by atoms with Gasteiger partial charge in [-0.05, 0) is 42.3 Å². The quantitative estimate of drug-likeness (QED) is 0.805. The second-order valence-corrected chi connectivity index (χ2v) is 5.94. The number of benzene rings is 1. The molecule has 0 bridgehead atoms. The Morgan fingerprint density at radius 3 is 3.00 bits per heavy atom. The third-order valence-corrected chi connectivity index (χ3v) is 4.66. The maximum absolute atomic E-state index is 9.78. The predicted molar refractivity (Wildman–Crippen MR) is 76.6 cm³/mol. The second-order valence-electron chi connectivity index (χ2n) is 4.94. The monoisotopic (exact) mass is 275 g/mol. The standard InChI is InChI=1S/C15H17NO2S/c17-11-5-4-10(14(18)8-11)9-16-13-2-1-3-15-12(13)6-7-19-15/h4-8,13,16-18H,1-3,9H2. The zero-order chi connectivity index (χ0) is 13.2. The summed E-state index contributed by atoms with van der Waals surface area (Å²) in [5, 5.41) is 24.7. The molecule has 0 saturated carbocycles. The fourth-order valence-electron chi connectivity index (χ4n) is 2.63. The molecule has 2 aromatic rings. The number of aryl methyl sites for hydroxylation is 1. The number of phenols is 2. The largest absolute Gasteiger partial charge is 0.508 e. The summed E-state index contributed by atoms with van der Waals surface area (Å²) in [6.45, 7) is 0.617. The number of thiophene rings is 1. The molecule has 100 valence electrons. The highest BCUT2D eigenvalue weighted by Crippen LogP contribution is 2.33. The summed E-state index contributed by atoms with van der Waals surface area (Å²) in [6, 6.07) is 7.33. The summed E-state index contributed by atoms with van der Waals surface area (Å²) in [4.78, 5) is 1.48. The van der Waals surface area contributed by atoms with E-state index in [4.69, 9.17) is 0 Å². The van der Waals surface area contributed by atoms with E-state index in [0.717, 1.165) is 12.0 Å². The molecule has 1 atom stereocenters. The van der Waals surface area contributed by atoms with Crippen LogP contribution in [-0.4, -0.2) is 10.2 Å². The van der Waals surface area contributed by atoms with Gasteiger partial charge in [0.1, 0.15) is 11.5 Å². The molecule has 1 aliphatic carbocycles. The Bertz CT molecular complexity index is 579. The lowest BCUT2D eigenvalue weighted by Crippen LogP contribution is -2.23. The van der Waals surface area contributed by atoms with Crippen molar-refractivity contribution >= 4 is 11.3 Å². The highest BCUT2D eigenvalue weighted by molar-refractivity contribution is 7.10. The first-order valence-electron chi connectivity index (χ1n) is 6.54. The lowest BCUT2D eigenvalue weighted by atomic mass is 9.94. The minimum absolute atomic E-state index is 0.0963. The molecule has 1 unspecified atom stereocenters. The summed E-state index contributed by atoms with van der Waals surface area (Å²) in [7, 11) is 0. The first kappa shape index (κ1) is 12.5. The van der Waals surface area contributed by atoms with Gasteiger partial charge in [-0.3, -0.25) is 0 Å². The van der Waals surface area contributed by atoms with Crippen LogP contribution in [0.25, 0.3) is 0 Å². The van der Waals surface area contributed by atoms with Gasteiger partial charge in [0.2, 0.25) is 0 Å². The summed E-state index contributed by atoms with van der Waals surface area (Å²) in [5.74, 6) is 0.243. The molecule has 1 aromatic heterocycles. The minimum Gasteiger partial charge on any atom is -0.508 e. The number of aromatic hydroxyl groups is 2. The van der Waals surface area contributed by atoms with Crippen molar-refractivity contribution in [3.63, 3.8) is 0 Å². The molecule has 1 aromatic carbocycles. The Morgan fingerprint density at radius 1 is 1.26 bits per heavy atom. The van der Waals surface area contributed by atoms with Gasteiger partial charge in [-0.15, -0.1) is 11.3 Å². The van der Waals surface area contributed by atoms with E-state index in [1.807, 2.05) is 11.3 Å². The fraction of sp³-hybridized carbons (Fsp3) is 0.333. The molecule has 0 saturated heterocycles. The predicted octanol–water partition coefficient (Wildman–Crippen LogP) is 3.33. The number of nitrogens with one attached hydrogen (secondary N) is 1. The van der Waals surface area contributed by atoms with Gasteiger partial charge in [0.15, 0.2) is 0 Å². The maximum Gasteiger partial charge on any atom is 0.123 e. The molecular formula is C15H17NO2S. The van der Waals surface area contributed by atoms with E-state index in [1.165, 1.54) is 29.3 Å². The van der Waals surface area contributed by atoms with Crippen molar-refractivity contribution < 1.29 is 10.2 Å². The van der Waals surface area contributed by atoms with Crippen LogP contribution in [0.3, 0.4) is 0 Å². The number of phenolic OH excluding ortho intramolecular Hbond substituents is 2. The molecule has 3 nitrogen and oxygen atoms in total. The zero-order valence-corrected chi connectivity index (χ0v) is 11.4. The molecule has 1 heterocycles. The van der Waals surface area contributed by atoms with E-state index < -0.39 is 0 Å². The smallest absolute Gasteiger partial charge is 0.123 e. The van der Waals surface area contributed by atoms with Crippen molar-refractivity contribution in [3.8, 4) is 11.5 Å². The Balaban J connectivity index is 1.71. The van der Waals surface area contributed by atoms with E-state index >= 15 is 0 Å². The maximum atomic E-state index is 9.78. The first-order valence-corrected chi connectivity index (χ1v) is 7.42. The Morgan fingerprint density at radius 2 is 2.16 bits per heavy atom. The van der Waals surface area contributed by atoms with E-state index in [1.54, 1.807) is 12.1 Å². The molecule has 19 heavy (non-hydrogen) atoms. The van der Waals surface area contributed by atoms with Gasteiger partial charge in [0.05, 0.1) is 0 Å². The molecule has 4 heteroatoms. The van der Waals surface area contributed by atoms with E-state index in [2.05, 4.69) is 16.8 Å². The van der Waals surface area contributed by atoms with Crippen molar-refractivity contribution in [2.75, 3.05) is 0 Å². The van der Waals surface area contributed by atoms with Crippen LogP contribution in [0.2, 0.25) is 0 Å². The van der Waals surface area contributed by atoms with Crippen molar-refractivity contribution in [2.24, 2.45) is 0 Å². The summed E-state index contributed by atoms with van der Waals surface area (Å²) < 4.78 is 0. The Kier molecular flexibility index (Phi) is 3.44. The molecule has 3 N–H and O–H groups in total. The lowest BCUT2D eigenvalue weighted by Gasteiger charge is -2.24. The first-order chi connectivity index (χ1) is 9.24. The number of hydrogen-bond acceptors (Lipinski definition) is 4. The van der Waals surface area contributed by atoms with Crippen LogP contribution >= 0.6 is 11.3 Å². The Labute approximate surface area is 116 Å². The van der Waals surface area contributed by atoms with Crippen LogP contribution in [0.5, 0.6) is 11.5 Å². The molecule has 0 amide bonds. The zero-order valence-electron chi connectivity index (χ0n) is 10.6. The average Bonchev–Trinajstić information content (AvgIpc) is 2.86. The van der Waals surface area contributed by atoms with Crippen molar-refractivity contribution in [1.29, 1.82) is 0 Å². The molecule has 0 aliphatic heterocycles. The van der Waals surface area contributed by atoms with Crippen LogP contribution < -0.4 is 5.32 Å². The van der Waals surface area contributed by atoms with Crippen molar-refractivity contribution in [2.45, 2.75) is 31.8 Å². The van der Waals surface area contributed by atoms with E-state index in [9.17, 15) is 10.2 Å². The normalized spacial score (nSPS) is 18.2. The van der Waals surface area contributed by atoms with Crippen LogP contribution in [-0.2, 0) is 13.0 Å². The van der Waals surface area contributed by atoms with Gasteiger partial charge in [0.25, 0.3) is 0 Å².